The molecule has 11 heavy (non-hydrogen) atoms. The number of hydrogen-bond acceptors (Lipinski definition) is 5. The molecule has 0 unspecified atom stereocenters. The van der Waals surface area contributed by atoms with Crippen molar-refractivity contribution in [3.63, 3.8) is 0 Å². The van der Waals surface area contributed by atoms with E-state index in [4.69, 9.17) is 5.11 Å². The van der Waals surface area contributed by atoms with E-state index in [1.54, 1.807) is 0 Å². The van der Waals surface area contributed by atoms with Gasteiger partial charge in [0.05, 0.1) is 14.2 Å². The summed E-state index contributed by atoms with van der Waals surface area (Å²) in [4.78, 5) is 0. The summed E-state index contributed by atoms with van der Waals surface area (Å²) in [5.41, 5.74) is 3.00. The van der Waals surface area contributed by atoms with E-state index in [1.165, 1.54) is 25.3 Å². The molecule has 0 spiro atoms. The van der Waals surface area contributed by atoms with Gasteiger partial charge in [-0.15, -0.1) is 0 Å². The summed E-state index contributed by atoms with van der Waals surface area (Å²) >= 11 is 12.2. The second-order valence-electron chi connectivity index (χ2n) is 0.769. The Kier molecular flexibility index (Phi) is 51.4. The van der Waals surface area contributed by atoms with Gasteiger partial charge in [0.15, 0.2) is 0 Å². The van der Waals surface area contributed by atoms with Gasteiger partial charge in [0, 0.05) is 0 Å². The monoisotopic (exact) mass is 214 g/mol. The molecule has 0 saturated heterocycles. The van der Waals surface area contributed by atoms with Crippen LogP contribution in [0, 0.1) is 0 Å². The summed E-state index contributed by atoms with van der Waals surface area (Å²) in [5, 5.41) is 7.26. The van der Waals surface area contributed by atoms with Gasteiger partial charge in [0.1, 0.15) is 16.7 Å². The third-order valence-corrected chi connectivity index (χ3v) is 0.577. The van der Waals surface area contributed by atoms with E-state index in [-0.39, 0.29) is 0 Å². The number of aliphatic hydroxyl groups is 1. The first-order valence-electron chi connectivity index (χ1n) is 2.25. The van der Waals surface area contributed by atoms with Crippen LogP contribution >= 0.6 is 36.7 Å². The number of rotatable bonds is 2. The Morgan fingerprint density at radius 2 is 1.09 bits per heavy atom. The van der Waals surface area contributed by atoms with E-state index in [2.05, 4.69) is 46.1 Å². The van der Waals surface area contributed by atoms with Crippen molar-refractivity contribution in [3.05, 3.63) is 0 Å². The summed E-state index contributed by atoms with van der Waals surface area (Å²) in [7, 11) is 3.04. The molecule has 0 atom stereocenters. The van der Waals surface area contributed by atoms with Crippen molar-refractivity contribution >= 4 is 53.3 Å². The van der Waals surface area contributed by atoms with Crippen LogP contribution in [0.2, 0.25) is 0 Å². The minimum atomic E-state index is 0.583. The van der Waals surface area contributed by atoms with Gasteiger partial charge in [-0.05, 0) is 36.7 Å². The Bertz CT molecular complexity index is 79.0. The van der Waals surface area contributed by atoms with Crippen molar-refractivity contribution in [2.24, 2.45) is 0 Å². The van der Waals surface area contributed by atoms with E-state index in [0.29, 0.717) is 5.55 Å². The number of hydrogen-bond donors (Lipinski definition) is 1. The Labute approximate surface area is 82.3 Å². The highest BCUT2D eigenvalue weighted by Gasteiger charge is 1.39. The van der Waals surface area contributed by atoms with Crippen LogP contribution in [0.25, 0.3) is 0 Å². The fourth-order valence-corrected chi connectivity index (χ4v) is 0. The zero-order valence-electron chi connectivity index (χ0n) is 6.22. The highest BCUT2D eigenvalue weighted by atomic mass is 32.1. The maximum Gasteiger partial charge on any atom is 0.145 e. The Morgan fingerprint density at radius 3 is 1.09 bits per heavy atom. The third kappa shape index (κ3) is 204. The van der Waals surface area contributed by atoms with Crippen LogP contribution in [0.4, 0.5) is 0 Å². The first-order chi connectivity index (χ1) is 5.24. The minimum Gasteiger partial charge on any atom is -0.504 e. The zero-order valence-corrected chi connectivity index (χ0v) is 8.67. The summed E-state index contributed by atoms with van der Waals surface area (Å²) in [6.45, 7) is 0. The van der Waals surface area contributed by atoms with E-state index >= 15 is 0 Å². The Morgan fingerprint density at radius 1 is 1.00 bits per heavy atom. The van der Waals surface area contributed by atoms with Gasteiger partial charge in [-0.25, -0.2) is 0 Å². The predicted octanol–water partition coefficient (Wildman–Crippen LogP) is 1.68. The molecule has 0 aliphatic heterocycles. The van der Waals surface area contributed by atoms with Gasteiger partial charge < -0.3 is 14.6 Å². The summed E-state index contributed by atoms with van der Waals surface area (Å²) in [5.74, 6) is 0. The van der Waals surface area contributed by atoms with Crippen LogP contribution in [-0.2, 0) is 9.47 Å². The van der Waals surface area contributed by atoms with Gasteiger partial charge in [0.25, 0.3) is 0 Å². The normalized spacial score (nSPS) is 4.91. The fraction of sp³-hybridized carbons (Fsp3) is 0.400. The lowest BCUT2D eigenvalue weighted by atomic mass is 11.5. The average molecular weight is 214 g/mol. The van der Waals surface area contributed by atoms with E-state index in [9.17, 15) is 0 Å². The van der Waals surface area contributed by atoms with Crippen molar-refractivity contribution in [1.29, 1.82) is 0 Å². The molecule has 1 N–H and O–H groups in total. The smallest absolute Gasteiger partial charge is 0.145 e. The van der Waals surface area contributed by atoms with Crippen LogP contribution in [0.5, 0.6) is 0 Å². The second-order valence-corrected chi connectivity index (χ2v) is 1.36. The van der Waals surface area contributed by atoms with Crippen molar-refractivity contribution in [3.8, 4) is 0 Å². The van der Waals surface area contributed by atoms with Crippen LogP contribution in [0.3, 0.4) is 0 Å². The average Bonchev–Trinajstić information content (AvgIpc) is 2.06. The van der Waals surface area contributed by atoms with Gasteiger partial charge in [-0.3, -0.25) is 0 Å². The second kappa shape index (κ2) is 33.3. The van der Waals surface area contributed by atoms with Gasteiger partial charge in [0.2, 0.25) is 0 Å². The molecule has 0 aromatic rings. The molecule has 3 nitrogen and oxygen atoms in total. The molecule has 0 aliphatic carbocycles. The van der Waals surface area contributed by atoms with Crippen LogP contribution in [0.1, 0.15) is 0 Å². The number of aliphatic hydroxyl groups excluding tert-OH is 1. The maximum atomic E-state index is 7.26. The lowest BCUT2D eigenvalue weighted by Crippen LogP contribution is -1.64. The topological polar surface area (TPSA) is 38.7 Å². The van der Waals surface area contributed by atoms with Gasteiger partial charge >= 0.3 is 0 Å². The molecule has 0 rings (SSSR count). The highest BCUT2D eigenvalue weighted by Crippen LogP contribution is 1.45. The first-order valence-corrected chi connectivity index (χ1v) is 3.67. The minimum absolute atomic E-state index is 0.583. The first kappa shape index (κ1) is 17.0. The lowest BCUT2D eigenvalue weighted by molar-refractivity contribution is 0.432. The summed E-state index contributed by atoms with van der Waals surface area (Å²) in [6.07, 6.45) is 0. The molecule has 0 aromatic carbocycles. The van der Waals surface area contributed by atoms with Crippen molar-refractivity contribution in [2.45, 2.75) is 0 Å². The van der Waals surface area contributed by atoms with Crippen LogP contribution in [0.15, 0.2) is 0 Å². The maximum absolute atomic E-state index is 7.26. The fourth-order valence-electron chi connectivity index (χ4n) is 0. The molecule has 0 saturated carbocycles. The molecular weight excluding hydrogens is 204 g/mol. The quantitative estimate of drug-likeness (QED) is 0.705. The molecule has 6 heteroatoms. The Balaban J connectivity index is -0.0000000886. The van der Waals surface area contributed by atoms with Crippen molar-refractivity contribution in [2.75, 3.05) is 14.2 Å². The number of ether oxygens (including phenoxy) is 2. The van der Waals surface area contributed by atoms with Gasteiger partial charge in [-0.2, -0.15) is 0 Å². The molecule has 0 radical (unpaired) electrons. The highest BCUT2D eigenvalue weighted by molar-refractivity contribution is 7.78. The Hall–Kier alpha value is -0.330. The molecule has 0 fully saturated rings. The van der Waals surface area contributed by atoms with Crippen molar-refractivity contribution in [1.82, 2.24) is 0 Å². The molecule has 0 aliphatic rings. The molecule has 0 heterocycles. The molecule has 0 aromatic heterocycles. The van der Waals surface area contributed by atoms with Gasteiger partial charge in [-0.1, -0.05) is 0 Å². The van der Waals surface area contributed by atoms with Crippen molar-refractivity contribution < 1.29 is 14.6 Å². The number of thiocarbonyl (C=S) groups is 3. The summed E-state index contributed by atoms with van der Waals surface area (Å²) in [6, 6.07) is 0. The predicted molar refractivity (Wildman–Crippen MR) is 57.6 cm³/mol. The standard InChI is InChI=1S/2C2H4OS.CH2OS/c2*1-3-2-4;2-1-3/h2*2H,1H3;1H,(H,2,3). The van der Waals surface area contributed by atoms with Crippen LogP contribution < -0.4 is 0 Å². The SMILES string of the molecule is COC=S.COC=S.OC=S. The lowest BCUT2D eigenvalue weighted by Gasteiger charge is -1.70. The summed E-state index contributed by atoms with van der Waals surface area (Å²) < 4.78 is 8.46. The largest absolute Gasteiger partial charge is 0.504 e. The molecule has 0 amide bonds. The zero-order chi connectivity index (χ0) is 9.54. The third-order valence-electron chi connectivity index (χ3n) is 0.192. The van der Waals surface area contributed by atoms with E-state index in [0.717, 1.165) is 0 Å². The van der Waals surface area contributed by atoms with E-state index in [1.807, 2.05) is 0 Å². The molecular formula is C5H10O3S3. The van der Waals surface area contributed by atoms with Crippen LogP contribution in [-0.4, -0.2) is 36.0 Å². The number of methoxy groups -OCH3 is 2. The molecule has 0 bridgehead atoms. The molecule has 66 valence electrons. The van der Waals surface area contributed by atoms with E-state index < -0.39 is 0 Å².